The molecular weight excluding hydrogens is 442 g/mol. The van der Waals surface area contributed by atoms with Crippen molar-refractivity contribution in [2.45, 2.75) is 19.0 Å². The highest BCUT2D eigenvalue weighted by Crippen LogP contribution is 2.23. The number of hydrogen-bond acceptors (Lipinski definition) is 8. The number of ether oxygens (including phenoxy) is 2. The van der Waals surface area contributed by atoms with Gasteiger partial charge in [-0.2, -0.15) is 0 Å². The van der Waals surface area contributed by atoms with E-state index in [4.69, 9.17) is 13.9 Å². The van der Waals surface area contributed by atoms with Gasteiger partial charge in [0.05, 0.1) is 13.4 Å². The number of carbonyl (C=O) groups is 3. The fourth-order valence-electron chi connectivity index (χ4n) is 3.48. The fourth-order valence-corrected chi connectivity index (χ4v) is 3.48. The molecule has 10 nitrogen and oxygen atoms in total. The van der Waals surface area contributed by atoms with Crippen LogP contribution in [0.5, 0.6) is 0 Å². The van der Waals surface area contributed by atoms with Crippen molar-refractivity contribution in [2.75, 3.05) is 13.7 Å². The number of furan rings is 1. The van der Waals surface area contributed by atoms with Crippen LogP contribution in [-0.4, -0.2) is 47.2 Å². The van der Waals surface area contributed by atoms with E-state index in [0.29, 0.717) is 16.5 Å². The largest absolute Gasteiger partial charge is 0.467 e. The van der Waals surface area contributed by atoms with E-state index in [-0.39, 0.29) is 12.0 Å². The van der Waals surface area contributed by atoms with Gasteiger partial charge in [-0.25, -0.2) is 9.78 Å². The summed E-state index contributed by atoms with van der Waals surface area (Å²) in [7, 11) is 1.22. The first-order chi connectivity index (χ1) is 16.5. The second-order valence-electron chi connectivity index (χ2n) is 7.45. The number of amides is 1. The monoisotopic (exact) mass is 463 g/mol. The van der Waals surface area contributed by atoms with Gasteiger partial charge in [0.25, 0.3) is 11.5 Å². The maximum Gasteiger partial charge on any atom is 0.328 e. The van der Waals surface area contributed by atoms with Gasteiger partial charge in [-0.1, -0.05) is 42.5 Å². The quantitative estimate of drug-likeness (QED) is 0.390. The molecule has 0 aliphatic carbocycles. The van der Waals surface area contributed by atoms with Crippen LogP contribution in [-0.2, 0) is 36.8 Å². The number of benzene rings is 2. The Bertz CT molecular complexity index is 1410. The summed E-state index contributed by atoms with van der Waals surface area (Å²) in [6.45, 7) is -1.09. The molecular formula is C24H21N3O7. The van der Waals surface area contributed by atoms with Crippen LogP contribution in [0, 0.1) is 0 Å². The van der Waals surface area contributed by atoms with Crippen molar-refractivity contribution in [1.82, 2.24) is 14.9 Å². The van der Waals surface area contributed by atoms with Crippen LogP contribution in [0.15, 0.2) is 70.1 Å². The molecule has 4 rings (SSSR count). The molecule has 0 bridgehead atoms. The molecule has 0 aliphatic rings. The molecule has 0 aliphatic heterocycles. The zero-order valence-electron chi connectivity index (χ0n) is 18.2. The molecule has 0 saturated carbocycles. The van der Waals surface area contributed by atoms with Crippen LogP contribution in [0.2, 0.25) is 0 Å². The predicted molar refractivity (Wildman–Crippen MR) is 121 cm³/mol. The molecule has 1 amide bonds. The first-order valence-corrected chi connectivity index (χ1v) is 10.4. The van der Waals surface area contributed by atoms with Crippen LogP contribution in [0.3, 0.4) is 0 Å². The number of rotatable bonds is 8. The fraction of sp³-hybridized carbons (Fsp3) is 0.208. The smallest absolute Gasteiger partial charge is 0.328 e. The highest BCUT2D eigenvalue weighted by molar-refractivity contribution is 6.01. The van der Waals surface area contributed by atoms with E-state index in [1.807, 2.05) is 30.3 Å². The van der Waals surface area contributed by atoms with E-state index in [2.05, 4.69) is 10.3 Å². The maximum atomic E-state index is 12.7. The van der Waals surface area contributed by atoms with Crippen molar-refractivity contribution in [3.05, 3.63) is 76.8 Å². The second-order valence-corrected chi connectivity index (χ2v) is 7.45. The number of carbonyl (C=O) groups excluding carboxylic acids is 3. The molecule has 1 N–H and O–H groups in total. The number of aromatic nitrogens is 2. The van der Waals surface area contributed by atoms with Crippen LogP contribution in [0.25, 0.3) is 22.1 Å². The van der Waals surface area contributed by atoms with Gasteiger partial charge >= 0.3 is 11.9 Å². The van der Waals surface area contributed by atoms with Gasteiger partial charge in [-0.3, -0.25) is 19.0 Å². The average molecular weight is 463 g/mol. The Labute approximate surface area is 193 Å². The van der Waals surface area contributed by atoms with Gasteiger partial charge in [0, 0.05) is 11.8 Å². The first kappa shape index (κ1) is 22.7. The predicted octanol–water partition coefficient (Wildman–Crippen LogP) is 1.59. The summed E-state index contributed by atoms with van der Waals surface area (Å²) in [6, 6.07) is 15.2. The van der Waals surface area contributed by atoms with Gasteiger partial charge in [0.1, 0.15) is 23.7 Å². The third kappa shape index (κ3) is 4.96. The third-order valence-corrected chi connectivity index (χ3v) is 5.12. The molecule has 0 spiro atoms. The second kappa shape index (κ2) is 9.99. The van der Waals surface area contributed by atoms with E-state index >= 15 is 0 Å². The van der Waals surface area contributed by atoms with Gasteiger partial charge in [-0.15, -0.1) is 0 Å². The van der Waals surface area contributed by atoms with Crippen molar-refractivity contribution >= 4 is 39.9 Å². The number of methoxy groups -OCH3 is 1. The lowest BCUT2D eigenvalue weighted by atomic mass is 10.1. The number of para-hydroxylation sites is 1. The maximum absolute atomic E-state index is 12.7. The van der Waals surface area contributed by atoms with Gasteiger partial charge in [0.2, 0.25) is 5.58 Å². The number of nitrogens with one attached hydrogen (secondary N) is 1. The molecule has 0 fully saturated rings. The zero-order valence-corrected chi connectivity index (χ0v) is 18.2. The van der Waals surface area contributed by atoms with Crippen molar-refractivity contribution < 1.29 is 28.3 Å². The Morgan fingerprint density at radius 1 is 1.09 bits per heavy atom. The zero-order chi connectivity index (χ0) is 24.1. The third-order valence-electron chi connectivity index (χ3n) is 5.12. The Morgan fingerprint density at radius 3 is 2.59 bits per heavy atom. The van der Waals surface area contributed by atoms with Crippen LogP contribution in [0.4, 0.5) is 0 Å². The Hall–Kier alpha value is -4.47. The lowest BCUT2D eigenvalue weighted by molar-refractivity contribution is -0.150. The number of fused-ring (bicyclic) bond motifs is 3. The normalized spacial score (nSPS) is 11.8. The SMILES string of the molecule is COC(=O)C(Cc1ccccc1)NC(=O)COC(=O)Cn1cnc2c(oc3ccccc32)c1=O. The topological polar surface area (TPSA) is 130 Å². The summed E-state index contributed by atoms with van der Waals surface area (Å²) in [5.41, 5.74) is 1.21. The van der Waals surface area contributed by atoms with Gasteiger partial charge < -0.3 is 19.2 Å². The lowest BCUT2D eigenvalue weighted by Gasteiger charge is -2.16. The molecule has 2 heterocycles. The first-order valence-electron chi connectivity index (χ1n) is 10.4. The molecule has 2 aromatic heterocycles. The van der Waals surface area contributed by atoms with Crippen molar-refractivity contribution in [2.24, 2.45) is 0 Å². The minimum Gasteiger partial charge on any atom is -0.467 e. The van der Waals surface area contributed by atoms with E-state index in [0.717, 1.165) is 10.1 Å². The van der Waals surface area contributed by atoms with E-state index in [9.17, 15) is 19.2 Å². The minimum atomic E-state index is -0.944. The summed E-state index contributed by atoms with van der Waals surface area (Å²) in [5.74, 6) is -2.13. The molecule has 2 aromatic carbocycles. The van der Waals surface area contributed by atoms with Crippen molar-refractivity contribution in [3.63, 3.8) is 0 Å². The Balaban J connectivity index is 1.37. The van der Waals surface area contributed by atoms with Crippen molar-refractivity contribution in [1.29, 1.82) is 0 Å². The van der Waals surface area contributed by atoms with E-state index < -0.39 is 42.6 Å². The highest BCUT2D eigenvalue weighted by atomic mass is 16.5. The molecule has 1 unspecified atom stereocenters. The minimum absolute atomic E-state index is 0.0241. The summed E-state index contributed by atoms with van der Waals surface area (Å²) in [6.07, 6.45) is 1.44. The molecule has 10 heteroatoms. The molecule has 0 saturated heterocycles. The number of esters is 2. The Kier molecular flexibility index (Phi) is 6.67. The van der Waals surface area contributed by atoms with Crippen LogP contribution in [0.1, 0.15) is 5.56 Å². The Morgan fingerprint density at radius 2 is 1.82 bits per heavy atom. The van der Waals surface area contributed by atoms with E-state index in [1.165, 1.54) is 13.4 Å². The molecule has 1 atom stereocenters. The molecule has 0 radical (unpaired) electrons. The lowest BCUT2D eigenvalue weighted by Crippen LogP contribution is -2.44. The van der Waals surface area contributed by atoms with Gasteiger partial charge in [-0.05, 0) is 17.7 Å². The summed E-state index contributed by atoms with van der Waals surface area (Å²) < 4.78 is 16.3. The molecule has 34 heavy (non-hydrogen) atoms. The summed E-state index contributed by atoms with van der Waals surface area (Å²) in [4.78, 5) is 53.5. The highest BCUT2D eigenvalue weighted by Gasteiger charge is 2.23. The van der Waals surface area contributed by atoms with Crippen LogP contribution >= 0.6 is 0 Å². The number of hydrogen-bond donors (Lipinski definition) is 1. The standard InChI is InChI=1S/C24H21N3O7/c1-32-24(31)17(11-15-7-3-2-4-8-15)26-19(28)13-33-20(29)12-27-14-25-21-16-9-5-6-10-18(16)34-22(21)23(27)30/h2-10,14,17H,11-13H2,1H3,(H,26,28). The number of nitrogens with zero attached hydrogens (tertiary/aromatic N) is 2. The van der Waals surface area contributed by atoms with Gasteiger partial charge in [0.15, 0.2) is 6.61 Å². The van der Waals surface area contributed by atoms with Crippen molar-refractivity contribution in [3.8, 4) is 0 Å². The van der Waals surface area contributed by atoms with E-state index in [1.54, 1.807) is 24.3 Å². The summed E-state index contributed by atoms with van der Waals surface area (Å²) >= 11 is 0. The molecule has 174 valence electrons. The summed E-state index contributed by atoms with van der Waals surface area (Å²) in [5, 5.41) is 3.19. The van der Waals surface area contributed by atoms with Crippen LogP contribution < -0.4 is 10.9 Å². The average Bonchev–Trinajstić information content (AvgIpc) is 3.24. The molecule has 4 aromatic rings.